The third-order valence-electron chi connectivity index (χ3n) is 1.94. The second-order valence-electron chi connectivity index (χ2n) is 3.01. The number of aryl methyl sites for hydroxylation is 1. The van der Waals surface area contributed by atoms with Gasteiger partial charge in [0.05, 0.1) is 0 Å². The lowest BCUT2D eigenvalue weighted by Crippen LogP contribution is -1.95. The van der Waals surface area contributed by atoms with Crippen LogP contribution in [0.15, 0.2) is 23.2 Å². The molecule has 0 N–H and O–H groups in total. The van der Waals surface area contributed by atoms with E-state index in [1.165, 1.54) is 0 Å². The lowest BCUT2D eigenvalue weighted by atomic mass is 10.0. The summed E-state index contributed by atoms with van der Waals surface area (Å²) < 4.78 is 0. The zero-order chi connectivity index (χ0) is 9.84. The maximum Gasteiger partial charge on any atom is 0.159 e. The van der Waals surface area contributed by atoms with Gasteiger partial charge >= 0.3 is 0 Å². The fraction of sp³-hybridized carbons (Fsp3) is 0.273. The van der Waals surface area contributed by atoms with Crippen LogP contribution >= 0.6 is 0 Å². The quantitative estimate of drug-likeness (QED) is 0.500. The molecule has 0 aliphatic heterocycles. The molecule has 1 rings (SSSR count). The van der Waals surface area contributed by atoms with Crippen molar-refractivity contribution in [2.24, 2.45) is 4.99 Å². The molecule has 0 aromatic heterocycles. The Labute approximate surface area is 78.3 Å². The molecule has 0 bridgehead atoms. The highest BCUT2D eigenvalue weighted by molar-refractivity contribution is 5.95. The maximum absolute atomic E-state index is 11.0. The summed E-state index contributed by atoms with van der Waals surface area (Å²) in [6.45, 7) is 3.55. The Balaban J connectivity index is 3.12. The normalized spacial score (nSPS) is 10.7. The first-order valence-corrected chi connectivity index (χ1v) is 4.19. The van der Waals surface area contributed by atoms with E-state index >= 15 is 0 Å². The lowest BCUT2D eigenvalue weighted by molar-refractivity contribution is 0.101. The summed E-state index contributed by atoms with van der Waals surface area (Å²) >= 11 is 0. The van der Waals surface area contributed by atoms with Crippen molar-refractivity contribution in [2.45, 2.75) is 13.8 Å². The van der Waals surface area contributed by atoms with Gasteiger partial charge in [-0.15, -0.1) is 0 Å². The van der Waals surface area contributed by atoms with Gasteiger partial charge in [0.2, 0.25) is 0 Å². The SMILES string of the molecule is CN=Cc1ccc(C(C)=O)cc1C. The van der Waals surface area contributed by atoms with E-state index in [-0.39, 0.29) is 5.78 Å². The maximum atomic E-state index is 11.0. The minimum Gasteiger partial charge on any atom is -0.296 e. The highest BCUT2D eigenvalue weighted by Crippen LogP contribution is 2.09. The number of nitrogens with zero attached hydrogens (tertiary/aromatic N) is 1. The summed E-state index contributed by atoms with van der Waals surface area (Å²) in [5, 5.41) is 0. The van der Waals surface area contributed by atoms with Crippen molar-refractivity contribution in [1.29, 1.82) is 0 Å². The molecule has 0 spiro atoms. The topological polar surface area (TPSA) is 29.4 Å². The number of hydrogen-bond acceptors (Lipinski definition) is 2. The van der Waals surface area contributed by atoms with Gasteiger partial charge in [-0.05, 0) is 31.0 Å². The molecule has 0 aliphatic carbocycles. The van der Waals surface area contributed by atoms with Gasteiger partial charge in [-0.25, -0.2) is 0 Å². The van der Waals surface area contributed by atoms with Crippen LogP contribution in [0.1, 0.15) is 28.4 Å². The molecule has 0 heterocycles. The van der Waals surface area contributed by atoms with Gasteiger partial charge < -0.3 is 0 Å². The molecule has 0 saturated carbocycles. The van der Waals surface area contributed by atoms with Gasteiger partial charge in [-0.2, -0.15) is 0 Å². The fourth-order valence-corrected chi connectivity index (χ4v) is 1.18. The highest BCUT2D eigenvalue weighted by Gasteiger charge is 2.01. The number of hydrogen-bond donors (Lipinski definition) is 0. The van der Waals surface area contributed by atoms with E-state index in [1.807, 2.05) is 25.1 Å². The highest BCUT2D eigenvalue weighted by atomic mass is 16.1. The summed E-state index contributed by atoms with van der Waals surface area (Å²) in [5.74, 6) is 0.100. The van der Waals surface area contributed by atoms with Gasteiger partial charge in [0, 0.05) is 18.8 Å². The van der Waals surface area contributed by atoms with Crippen molar-refractivity contribution in [2.75, 3.05) is 7.05 Å². The van der Waals surface area contributed by atoms with Gasteiger partial charge in [0.15, 0.2) is 5.78 Å². The predicted octanol–water partition coefficient (Wildman–Crippen LogP) is 2.25. The van der Waals surface area contributed by atoms with Crippen molar-refractivity contribution in [1.82, 2.24) is 0 Å². The zero-order valence-electron chi connectivity index (χ0n) is 8.16. The molecule has 2 heteroatoms. The number of benzene rings is 1. The molecule has 0 unspecified atom stereocenters. The standard InChI is InChI=1S/C11H13NO/c1-8-6-10(9(2)13)4-5-11(8)7-12-3/h4-7H,1-3H3. The Morgan fingerprint density at radius 1 is 1.46 bits per heavy atom. The molecule has 0 fully saturated rings. The van der Waals surface area contributed by atoms with Crippen LogP contribution in [-0.2, 0) is 0 Å². The molecule has 1 aromatic carbocycles. The van der Waals surface area contributed by atoms with Crippen LogP contribution in [0.5, 0.6) is 0 Å². The Hall–Kier alpha value is -1.44. The van der Waals surface area contributed by atoms with E-state index in [2.05, 4.69) is 4.99 Å². The van der Waals surface area contributed by atoms with Crippen molar-refractivity contribution < 1.29 is 4.79 Å². The Bertz CT molecular complexity index is 353. The predicted molar refractivity (Wildman–Crippen MR) is 54.7 cm³/mol. The molecule has 2 nitrogen and oxygen atoms in total. The summed E-state index contributed by atoms with van der Waals surface area (Å²) in [4.78, 5) is 15.0. The van der Waals surface area contributed by atoms with Crippen molar-refractivity contribution >= 4 is 12.0 Å². The summed E-state index contributed by atoms with van der Waals surface area (Å²) in [6, 6.07) is 5.63. The number of rotatable bonds is 2. The summed E-state index contributed by atoms with van der Waals surface area (Å²) in [7, 11) is 1.73. The van der Waals surface area contributed by atoms with E-state index in [0.717, 1.165) is 16.7 Å². The monoisotopic (exact) mass is 175 g/mol. The Kier molecular flexibility index (Phi) is 2.96. The lowest BCUT2D eigenvalue weighted by Gasteiger charge is -2.01. The summed E-state index contributed by atoms with van der Waals surface area (Å²) in [5.41, 5.74) is 2.90. The summed E-state index contributed by atoms with van der Waals surface area (Å²) in [6.07, 6.45) is 1.79. The molecule has 0 radical (unpaired) electrons. The molecule has 1 aromatic rings. The molecule has 0 saturated heterocycles. The number of ketones is 1. The first kappa shape index (κ1) is 9.65. The van der Waals surface area contributed by atoms with E-state index in [0.29, 0.717) is 0 Å². The van der Waals surface area contributed by atoms with Crippen LogP contribution < -0.4 is 0 Å². The average molecular weight is 175 g/mol. The van der Waals surface area contributed by atoms with Crippen LogP contribution in [0, 0.1) is 6.92 Å². The molecular formula is C11H13NO. The van der Waals surface area contributed by atoms with E-state index < -0.39 is 0 Å². The second-order valence-corrected chi connectivity index (χ2v) is 3.01. The second kappa shape index (κ2) is 3.99. The van der Waals surface area contributed by atoms with Gasteiger partial charge in [-0.3, -0.25) is 9.79 Å². The average Bonchev–Trinajstić information content (AvgIpc) is 2.08. The Morgan fingerprint density at radius 3 is 2.62 bits per heavy atom. The van der Waals surface area contributed by atoms with Crippen LogP contribution in [0.4, 0.5) is 0 Å². The smallest absolute Gasteiger partial charge is 0.159 e. The number of aliphatic imine (C=N–C) groups is 1. The van der Waals surface area contributed by atoms with Crippen molar-refractivity contribution in [3.63, 3.8) is 0 Å². The van der Waals surface area contributed by atoms with E-state index in [9.17, 15) is 4.79 Å². The number of carbonyl (C=O) groups is 1. The number of Topliss-reactive ketones (excluding diaryl/α,β-unsaturated/α-hetero) is 1. The molecule has 13 heavy (non-hydrogen) atoms. The number of carbonyl (C=O) groups excluding carboxylic acids is 1. The Morgan fingerprint density at radius 2 is 2.15 bits per heavy atom. The van der Waals surface area contributed by atoms with Crippen molar-refractivity contribution in [3.05, 3.63) is 34.9 Å². The third kappa shape index (κ3) is 2.25. The third-order valence-corrected chi connectivity index (χ3v) is 1.94. The zero-order valence-corrected chi connectivity index (χ0v) is 8.16. The largest absolute Gasteiger partial charge is 0.296 e. The van der Waals surface area contributed by atoms with E-state index in [4.69, 9.17) is 0 Å². The molecule has 0 aliphatic rings. The minimum absolute atomic E-state index is 0.100. The van der Waals surface area contributed by atoms with Crippen LogP contribution in [0.25, 0.3) is 0 Å². The van der Waals surface area contributed by atoms with Gasteiger partial charge in [0.1, 0.15) is 0 Å². The van der Waals surface area contributed by atoms with Gasteiger partial charge in [-0.1, -0.05) is 12.1 Å². The van der Waals surface area contributed by atoms with Crippen LogP contribution in [-0.4, -0.2) is 19.0 Å². The fourth-order valence-electron chi connectivity index (χ4n) is 1.18. The molecule has 68 valence electrons. The van der Waals surface area contributed by atoms with E-state index in [1.54, 1.807) is 20.2 Å². The minimum atomic E-state index is 0.100. The van der Waals surface area contributed by atoms with Crippen molar-refractivity contribution in [3.8, 4) is 0 Å². The molecular weight excluding hydrogens is 162 g/mol. The van der Waals surface area contributed by atoms with Crippen LogP contribution in [0.2, 0.25) is 0 Å². The van der Waals surface area contributed by atoms with Crippen LogP contribution in [0.3, 0.4) is 0 Å². The first-order chi connectivity index (χ1) is 6.15. The van der Waals surface area contributed by atoms with Gasteiger partial charge in [0.25, 0.3) is 0 Å². The molecule has 0 amide bonds. The molecule has 0 atom stereocenters. The first-order valence-electron chi connectivity index (χ1n) is 4.19.